The molecule has 2 aromatic rings. The van der Waals surface area contributed by atoms with Crippen LogP contribution in [0.1, 0.15) is 60.1 Å². The van der Waals surface area contributed by atoms with Gasteiger partial charge in [0, 0.05) is 38.1 Å². The zero-order valence-corrected chi connectivity index (χ0v) is 20.8. The predicted molar refractivity (Wildman–Crippen MR) is 131 cm³/mol. The molecule has 2 saturated heterocycles. The Kier molecular flexibility index (Phi) is 7.42. The number of sulfonamides is 1. The Labute approximate surface area is 201 Å². The molecule has 3 heterocycles. The van der Waals surface area contributed by atoms with Crippen molar-refractivity contribution in [3.05, 3.63) is 47.3 Å². The number of rotatable bonds is 5. The molecule has 0 spiro atoms. The maximum atomic E-state index is 13.3. The van der Waals surface area contributed by atoms with Crippen molar-refractivity contribution in [1.29, 1.82) is 0 Å². The van der Waals surface area contributed by atoms with Gasteiger partial charge >= 0.3 is 0 Å². The van der Waals surface area contributed by atoms with Gasteiger partial charge in [-0.1, -0.05) is 18.9 Å². The third kappa shape index (κ3) is 5.52. The van der Waals surface area contributed by atoms with Crippen molar-refractivity contribution in [2.24, 2.45) is 5.92 Å². The summed E-state index contributed by atoms with van der Waals surface area (Å²) in [6, 6.07) is 7.28. The van der Waals surface area contributed by atoms with Gasteiger partial charge in [0.25, 0.3) is 5.91 Å². The summed E-state index contributed by atoms with van der Waals surface area (Å²) in [6.45, 7) is 5.82. The second kappa shape index (κ2) is 10.3. The molecular formula is C25H34N4O4S. The van der Waals surface area contributed by atoms with Crippen molar-refractivity contribution in [3.8, 4) is 0 Å². The number of nitrogens with one attached hydrogen (secondary N) is 2. The predicted octanol–water partition coefficient (Wildman–Crippen LogP) is 3.69. The van der Waals surface area contributed by atoms with Crippen LogP contribution in [0, 0.1) is 19.8 Å². The average Bonchev–Trinajstić information content (AvgIpc) is 3.15. The van der Waals surface area contributed by atoms with E-state index in [-0.39, 0.29) is 23.3 Å². The molecule has 4 rings (SSSR count). The lowest BCUT2D eigenvalue weighted by atomic mass is 9.98. The van der Waals surface area contributed by atoms with Gasteiger partial charge in [-0.3, -0.25) is 9.59 Å². The van der Waals surface area contributed by atoms with Crippen LogP contribution in [-0.2, 0) is 14.8 Å². The normalized spacial score (nSPS) is 20.1. The maximum Gasteiger partial charge on any atom is 0.270 e. The number of amides is 2. The summed E-state index contributed by atoms with van der Waals surface area (Å²) >= 11 is 0. The van der Waals surface area contributed by atoms with Crippen LogP contribution in [0.5, 0.6) is 0 Å². The second-order valence-electron chi connectivity index (χ2n) is 9.52. The minimum Gasteiger partial charge on any atom is -0.356 e. The lowest BCUT2D eigenvalue weighted by Gasteiger charge is -2.31. The number of piperidine rings is 1. The molecule has 2 N–H and O–H groups in total. The van der Waals surface area contributed by atoms with Gasteiger partial charge in [0.1, 0.15) is 10.6 Å². The molecule has 2 fully saturated rings. The van der Waals surface area contributed by atoms with E-state index in [1.165, 1.54) is 16.6 Å². The summed E-state index contributed by atoms with van der Waals surface area (Å²) in [6.07, 6.45) is 6.79. The molecule has 0 radical (unpaired) electrons. The molecule has 34 heavy (non-hydrogen) atoms. The largest absolute Gasteiger partial charge is 0.356 e. The van der Waals surface area contributed by atoms with E-state index in [1.807, 2.05) is 32.0 Å². The highest BCUT2D eigenvalue weighted by Crippen LogP contribution is 2.26. The van der Waals surface area contributed by atoms with Gasteiger partial charge in [0.05, 0.1) is 5.92 Å². The van der Waals surface area contributed by atoms with Gasteiger partial charge in [0.15, 0.2) is 0 Å². The fourth-order valence-electron chi connectivity index (χ4n) is 4.91. The number of hydrogen-bond acceptors (Lipinski definition) is 4. The van der Waals surface area contributed by atoms with E-state index in [4.69, 9.17) is 0 Å². The quantitative estimate of drug-likeness (QED) is 0.673. The number of hydrogen-bond donors (Lipinski definition) is 2. The molecule has 2 aliphatic rings. The Hall–Kier alpha value is -2.65. The Balaban J connectivity index is 1.44. The zero-order chi connectivity index (χ0) is 24.3. The average molecular weight is 487 g/mol. The first-order valence-corrected chi connectivity index (χ1v) is 13.5. The Morgan fingerprint density at radius 3 is 2.29 bits per heavy atom. The van der Waals surface area contributed by atoms with Crippen LogP contribution < -0.4 is 5.32 Å². The fourth-order valence-corrected chi connectivity index (χ4v) is 6.42. The second-order valence-corrected chi connectivity index (χ2v) is 11.5. The van der Waals surface area contributed by atoms with E-state index in [0.717, 1.165) is 42.5 Å². The Morgan fingerprint density at radius 2 is 1.62 bits per heavy atom. The standard InChI is InChI=1S/C25H34N4O4S/c1-18-12-19(2)14-21(13-18)27-24(30)20-8-7-11-29(17-20)34(32,33)22-15-23(26-16-22)25(31)28-9-5-3-4-6-10-28/h12-16,20,26H,3-11,17H2,1-2H3,(H,27,30)/t20-/m1/s1. The van der Waals surface area contributed by atoms with Crippen LogP contribution in [0.3, 0.4) is 0 Å². The van der Waals surface area contributed by atoms with E-state index >= 15 is 0 Å². The van der Waals surface area contributed by atoms with E-state index in [0.29, 0.717) is 38.2 Å². The number of aryl methyl sites for hydroxylation is 2. The monoisotopic (exact) mass is 486 g/mol. The maximum absolute atomic E-state index is 13.3. The molecule has 0 bridgehead atoms. The smallest absolute Gasteiger partial charge is 0.270 e. The van der Waals surface area contributed by atoms with E-state index in [1.54, 1.807) is 4.90 Å². The fraction of sp³-hybridized carbons (Fsp3) is 0.520. The number of H-pyrrole nitrogens is 1. The summed E-state index contributed by atoms with van der Waals surface area (Å²) in [4.78, 5) is 30.5. The van der Waals surface area contributed by atoms with Crippen molar-refractivity contribution < 1.29 is 18.0 Å². The van der Waals surface area contributed by atoms with Gasteiger partial charge < -0.3 is 15.2 Å². The number of benzene rings is 1. The van der Waals surface area contributed by atoms with Crippen molar-refractivity contribution in [2.45, 2.75) is 57.3 Å². The molecule has 1 aromatic heterocycles. The zero-order valence-electron chi connectivity index (χ0n) is 20.0. The number of nitrogens with zero attached hydrogens (tertiary/aromatic N) is 2. The lowest BCUT2D eigenvalue weighted by molar-refractivity contribution is -0.120. The molecule has 0 saturated carbocycles. The number of carbonyl (C=O) groups is 2. The first-order chi connectivity index (χ1) is 16.2. The van der Waals surface area contributed by atoms with Gasteiger partial charge in [-0.05, 0) is 68.9 Å². The summed E-state index contributed by atoms with van der Waals surface area (Å²) < 4.78 is 28.0. The first-order valence-electron chi connectivity index (χ1n) is 12.1. The van der Waals surface area contributed by atoms with Crippen LogP contribution in [0.4, 0.5) is 5.69 Å². The van der Waals surface area contributed by atoms with Crippen LogP contribution >= 0.6 is 0 Å². The summed E-state index contributed by atoms with van der Waals surface area (Å²) in [5.74, 6) is -0.759. The number of anilines is 1. The Morgan fingerprint density at radius 1 is 0.941 bits per heavy atom. The van der Waals surface area contributed by atoms with E-state index < -0.39 is 15.9 Å². The molecule has 0 unspecified atom stereocenters. The van der Waals surface area contributed by atoms with Crippen molar-refractivity contribution >= 4 is 27.5 Å². The summed E-state index contributed by atoms with van der Waals surface area (Å²) in [5.41, 5.74) is 3.13. The Bertz CT molecular complexity index is 1130. The molecule has 184 valence electrons. The van der Waals surface area contributed by atoms with Gasteiger partial charge in [-0.25, -0.2) is 8.42 Å². The summed E-state index contributed by atoms with van der Waals surface area (Å²) in [5, 5.41) is 2.95. The van der Waals surface area contributed by atoms with E-state index in [9.17, 15) is 18.0 Å². The molecule has 2 amide bonds. The number of likely N-dealkylation sites (tertiary alicyclic amines) is 1. The molecule has 1 atom stereocenters. The number of aromatic nitrogens is 1. The minimum atomic E-state index is -3.81. The molecule has 8 nitrogen and oxygen atoms in total. The van der Waals surface area contributed by atoms with Crippen molar-refractivity contribution in [1.82, 2.24) is 14.2 Å². The third-order valence-electron chi connectivity index (χ3n) is 6.66. The van der Waals surface area contributed by atoms with Crippen LogP contribution in [0.2, 0.25) is 0 Å². The van der Waals surface area contributed by atoms with Gasteiger partial charge in [-0.15, -0.1) is 0 Å². The molecule has 2 aliphatic heterocycles. The highest BCUT2D eigenvalue weighted by atomic mass is 32.2. The molecule has 1 aromatic carbocycles. The van der Waals surface area contributed by atoms with Crippen LogP contribution in [0.15, 0.2) is 35.4 Å². The number of aromatic amines is 1. The first kappa shape index (κ1) is 24.5. The molecule has 9 heteroatoms. The van der Waals surface area contributed by atoms with Crippen molar-refractivity contribution in [2.75, 3.05) is 31.5 Å². The van der Waals surface area contributed by atoms with Gasteiger partial charge in [0.2, 0.25) is 15.9 Å². The highest BCUT2D eigenvalue weighted by Gasteiger charge is 2.34. The molecule has 0 aliphatic carbocycles. The minimum absolute atomic E-state index is 0.0704. The van der Waals surface area contributed by atoms with Crippen molar-refractivity contribution in [3.63, 3.8) is 0 Å². The molecular weight excluding hydrogens is 452 g/mol. The van der Waals surface area contributed by atoms with E-state index in [2.05, 4.69) is 10.3 Å². The lowest BCUT2D eigenvalue weighted by Crippen LogP contribution is -2.43. The van der Waals surface area contributed by atoms with Gasteiger partial charge in [-0.2, -0.15) is 4.31 Å². The summed E-state index contributed by atoms with van der Waals surface area (Å²) in [7, 11) is -3.81. The topological polar surface area (TPSA) is 103 Å². The highest BCUT2D eigenvalue weighted by molar-refractivity contribution is 7.89. The van der Waals surface area contributed by atoms with Crippen LogP contribution in [-0.4, -0.2) is 60.6 Å². The number of carbonyl (C=O) groups excluding carboxylic acids is 2. The third-order valence-corrected chi connectivity index (χ3v) is 8.51. The SMILES string of the molecule is Cc1cc(C)cc(NC(=O)[C@@H]2CCCN(S(=O)(=O)c3c[nH]c(C(=O)N4CCCCCC4)c3)C2)c1. The van der Waals surface area contributed by atoms with Crippen LogP contribution in [0.25, 0.3) is 0 Å².